The van der Waals surface area contributed by atoms with E-state index in [0.717, 1.165) is 72.1 Å². The molecule has 8 aromatic carbocycles. The summed E-state index contributed by atoms with van der Waals surface area (Å²) in [4.78, 5) is 2.45. The van der Waals surface area contributed by atoms with E-state index < -0.39 is 0 Å². The number of anilines is 3. The molecular weight excluding hydrogens is 671 g/mol. The van der Waals surface area contributed by atoms with Crippen molar-refractivity contribution in [2.24, 2.45) is 0 Å². The summed E-state index contributed by atoms with van der Waals surface area (Å²) < 4.78 is 12.8. The molecule has 2 heterocycles. The van der Waals surface area contributed by atoms with Crippen molar-refractivity contribution < 1.29 is 8.83 Å². The fourth-order valence-electron chi connectivity index (χ4n) is 9.32. The van der Waals surface area contributed by atoms with Crippen LogP contribution in [0, 0.1) is 0 Å². The smallest absolute Gasteiger partial charge is 0.137 e. The maximum absolute atomic E-state index is 6.49. The molecule has 0 atom stereocenters. The summed E-state index contributed by atoms with van der Waals surface area (Å²) in [5.74, 6) is 0.577. The monoisotopic (exact) mass is 709 g/mol. The van der Waals surface area contributed by atoms with Crippen LogP contribution in [0.15, 0.2) is 179 Å². The van der Waals surface area contributed by atoms with E-state index >= 15 is 0 Å². The van der Waals surface area contributed by atoms with Crippen molar-refractivity contribution in [2.75, 3.05) is 4.90 Å². The molecule has 2 aromatic heterocycles. The van der Waals surface area contributed by atoms with E-state index in [9.17, 15) is 0 Å². The van der Waals surface area contributed by atoms with Crippen molar-refractivity contribution in [3.63, 3.8) is 0 Å². The maximum Gasteiger partial charge on any atom is 0.137 e. The molecule has 0 aliphatic heterocycles. The highest BCUT2D eigenvalue weighted by atomic mass is 16.3. The zero-order chi connectivity index (χ0) is 36.3. The Balaban J connectivity index is 1.15. The van der Waals surface area contributed by atoms with E-state index in [4.69, 9.17) is 8.83 Å². The van der Waals surface area contributed by atoms with Gasteiger partial charge < -0.3 is 13.7 Å². The Hall–Kier alpha value is -6.58. The molecule has 0 amide bonds. The number of benzene rings is 8. The number of hydrogen-bond acceptors (Lipinski definition) is 3. The van der Waals surface area contributed by atoms with Crippen molar-refractivity contribution in [3.05, 3.63) is 175 Å². The van der Waals surface area contributed by atoms with Gasteiger partial charge in [0.1, 0.15) is 22.3 Å². The minimum absolute atomic E-state index is 0.577. The van der Waals surface area contributed by atoms with Crippen molar-refractivity contribution in [1.29, 1.82) is 0 Å². The minimum atomic E-state index is 0.577. The lowest BCUT2D eigenvalue weighted by molar-refractivity contribution is 0.445. The molecule has 1 saturated carbocycles. The zero-order valence-corrected chi connectivity index (χ0v) is 30.5. The van der Waals surface area contributed by atoms with Gasteiger partial charge in [-0.1, -0.05) is 135 Å². The SMILES string of the molecule is c1cc(-c2ccc3c(c2)oc2ccccc23)cc(N(c2ccccc2-c2cccc3cccc(C4CCCCC4)c23)c2cccc3oc4ccccc4c23)c1. The molecule has 0 bridgehead atoms. The predicted molar refractivity (Wildman–Crippen MR) is 230 cm³/mol. The third-order valence-corrected chi connectivity index (χ3v) is 11.9. The van der Waals surface area contributed by atoms with Crippen LogP contribution in [0.25, 0.3) is 76.9 Å². The molecule has 3 nitrogen and oxygen atoms in total. The molecule has 0 unspecified atom stereocenters. The highest BCUT2D eigenvalue weighted by Gasteiger charge is 2.25. The van der Waals surface area contributed by atoms with Gasteiger partial charge in [0.05, 0.1) is 16.8 Å². The number of furan rings is 2. The largest absolute Gasteiger partial charge is 0.456 e. The average molecular weight is 710 g/mol. The van der Waals surface area contributed by atoms with Crippen LogP contribution in [0.4, 0.5) is 17.1 Å². The van der Waals surface area contributed by atoms with Crippen LogP contribution in [0.3, 0.4) is 0 Å². The Morgan fingerprint density at radius 1 is 0.418 bits per heavy atom. The number of rotatable bonds is 6. The molecule has 3 heteroatoms. The molecule has 1 fully saturated rings. The van der Waals surface area contributed by atoms with Crippen molar-refractivity contribution >= 4 is 71.7 Å². The molecule has 0 saturated heterocycles. The van der Waals surface area contributed by atoms with Crippen LogP contribution >= 0.6 is 0 Å². The van der Waals surface area contributed by atoms with Gasteiger partial charge in [-0.05, 0) is 106 Å². The molecule has 264 valence electrons. The van der Waals surface area contributed by atoms with Gasteiger partial charge in [-0.25, -0.2) is 0 Å². The van der Waals surface area contributed by atoms with Crippen LogP contribution < -0.4 is 4.90 Å². The first kappa shape index (κ1) is 31.9. The van der Waals surface area contributed by atoms with Gasteiger partial charge in [0.2, 0.25) is 0 Å². The first-order chi connectivity index (χ1) is 27.3. The highest BCUT2D eigenvalue weighted by molar-refractivity contribution is 6.14. The van der Waals surface area contributed by atoms with Crippen LogP contribution in [0.5, 0.6) is 0 Å². The second-order valence-electron chi connectivity index (χ2n) is 15.0. The molecule has 1 aliphatic carbocycles. The van der Waals surface area contributed by atoms with E-state index in [1.807, 2.05) is 18.2 Å². The predicted octanol–water partition coefficient (Wildman–Crippen LogP) is 15.5. The van der Waals surface area contributed by atoms with Crippen LogP contribution in [-0.2, 0) is 0 Å². The summed E-state index contributed by atoms with van der Waals surface area (Å²) >= 11 is 0. The fourth-order valence-corrected chi connectivity index (χ4v) is 9.32. The Labute approximate surface area is 320 Å². The zero-order valence-electron chi connectivity index (χ0n) is 30.5. The lowest BCUT2D eigenvalue weighted by Crippen LogP contribution is -2.12. The van der Waals surface area contributed by atoms with Gasteiger partial charge in [0.15, 0.2) is 0 Å². The van der Waals surface area contributed by atoms with E-state index in [1.165, 1.54) is 59.6 Å². The summed E-state index contributed by atoms with van der Waals surface area (Å²) in [7, 11) is 0. The Kier molecular flexibility index (Phi) is 7.58. The van der Waals surface area contributed by atoms with Crippen molar-refractivity contribution in [1.82, 2.24) is 0 Å². The van der Waals surface area contributed by atoms with E-state index in [1.54, 1.807) is 0 Å². The second kappa shape index (κ2) is 13.1. The second-order valence-corrected chi connectivity index (χ2v) is 15.0. The maximum atomic E-state index is 6.49. The lowest BCUT2D eigenvalue weighted by Gasteiger charge is -2.30. The molecule has 1 aliphatic rings. The van der Waals surface area contributed by atoms with Crippen molar-refractivity contribution in [2.45, 2.75) is 38.0 Å². The minimum Gasteiger partial charge on any atom is -0.456 e. The van der Waals surface area contributed by atoms with Gasteiger partial charge in [-0.2, -0.15) is 0 Å². The number of para-hydroxylation sites is 3. The van der Waals surface area contributed by atoms with Crippen LogP contribution in [0.1, 0.15) is 43.6 Å². The quantitative estimate of drug-likeness (QED) is 0.172. The summed E-state index contributed by atoms with van der Waals surface area (Å²) in [6, 6.07) is 61.3. The van der Waals surface area contributed by atoms with Gasteiger partial charge >= 0.3 is 0 Å². The average Bonchev–Trinajstić information content (AvgIpc) is 3.83. The standard InChI is InChI=1S/C52H39NO2/c1-2-14-34(15-3-1)39-23-11-16-35-17-12-24-43(51(35)39)40-20-4-7-25-45(40)53(46-26-13-29-49-52(46)44-22-6-9-28-48(44)54-49)38-19-10-18-36(32-38)37-30-31-42-41-21-5-8-27-47(41)55-50(42)33-37/h4-13,16-34H,1-3,14-15H2. The third kappa shape index (κ3) is 5.33. The van der Waals surface area contributed by atoms with Crippen molar-refractivity contribution in [3.8, 4) is 22.3 Å². The Morgan fingerprint density at radius 3 is 1.95 bits per heavy atom. The number of nitrogens with zero attached hydrogens (tertiary/aromatic N) is 1. The molecule has 10 aromatic rings. The molecule has 0 radical (unpaired) electrons. The van der Waals surface area contributed by atoms with E-state index in [2.05, 4.69) is 157 Å². The summed E-state index contributed by atoms with van der Waals surface area (Å²) in [5.41, 5.74) is 13.0. The topological polar surface area (TPSA) is 29.5 Å². The Morgan fingerprint density at radius 2 is 1.05 bits per heavy atom. The molecular formula is C52H39NO2. The molecule has 11 rings (SSSR count). The normalized spacial score (nSPS) is 13.7. The summed E-state index contributed by atoms with van der Waals surface area (Å²) in [6.45, 7) is 0. The Bertz CT molecular complexity index is 3040. The number of hydrogen-bond donors (Lipinski definition) is 0. The third-order valence-electron chi connectivity index (χ3n) is 11.9. The summed E-state index contributed by atoms with van der Waals surface area (Å²) in [5, 5.41) is 7.15. The first-order valence-corrected chi connectivity index (χ1v) is 19.6. The highest BCUT2D eigenvalue weighted by Crippen LogP contribution is 2.49. The summed E-state index contributed by atoms with van der Waals surface area (Å²) in [6.07, 6.45) is 6.45. The van der Waals surface area contributed by atoms with E-state index in [-0.39, 0.29) is 0 Å². The fraction of sp³-hybridized carbons (Fsp3) is 0.115. The number of fused-ring (bicyclic) bond motifs is 7. The van der Waals surface area contributed by atoms with Gasteiger partial charge in [-0.15, -0.1) is 0 Å². The first-order valence-electron chi connectivity index (χ1n) is 19.6. The van der Waals surface area contributed by atoms with E-state index in [0.29, 0.717) is 5.92 Å². The molecule has 0 spiro atoms. The van der Waals surface area contributed by atoms with Crippen LogP contribution in [-0.4, -0.2) is 0 Å². The van der Waals surface area contributed by atoms with Gasteiger partial charge in [-0.3, -0.25) is 0 Å². The lowest BCUT2D eigenvalue weighted by atomic mass is 9.80. The van der Waals surface area contributed by atoms with Crippen LogP contribution in [0.2, 0.25) is 0 Å². The molecule has 0 N–H and O–H groups in total. The molecule has 55 heavy (non-hydrogen) atoms. The van der Waals surface area contributed by atoms with Gasteiger partial charge in [0.25, 0.3) is 0 Å². The van der Waals surface area contributed by atoms with Gasteiger partial charge in [0, 0.05) is 27.4 Å².